The van der Waals surface area contributed by atoms with Crippen LogP contribution in [-0.2, 0) is 0 Å². The molecule has 0 amide bonds. The average molecular weight is 585 g/mol. The lowest BCUT2D eigenvalue weighted by atomic mass is 9.96. The number of hydrogen-bond donors (Lipinski definition) is 0. The van der Waals surface area contributed by atoms with E-state index in [1.54, 1.807) is 0 Å². The molecular formula is C44H28N2. The molecule has 0 saturated carbocycles. The van der Waals surface area contributed by atoms with Crippen molar-refractivity contribution in [2.75, 3.05) is 4.90 Å². The van der Waals surface area contributed by atoms with Crippen LogP contribution in [0, 0.1) is 0 Å². The van der Waals surface area contributed by atoms with Crippen molar-refractivity contribution in [2.24, 2.45) is 0 Å². The number of para-hydroxylation sites is 3. The van der Waals surface area contributed by atoms with Crippen LogP contribution in [0.4, 0.5) is 17.1 Å². The minimum Gasteiger partial charge on any atom is -0.310 e. The molecule has 10 rings (SSSR count). The number of rotatable bonds is 4. The Bertz CT molecular complexity index is 2630. The zero-order valence-corrected chi connectivity index (χ0v) is 25.1. The predicted molar refractivity (Wildman–Crippen MR) is 195 cm³/mol. The zero-order chi connectivity index (χ0) is 30.2. The first-order valence-corrected chi connectivity index (χ1v) is 15.9. The van der Waals surface area contributed by atoms with Crippen LogP contribution in [0.1, 0.15) is 0 Å². The van der Waals surface area contributed by atoms with E-state index < -0.39 is 0 Å². The van der Waals surface area contributed by atoms with E-state index in [9.17, 15) is 0 Å². The van der Waals surface area contributed by atoms with E-state index in [0.29, 0.717) is 0 Å². The van der Waals surface area contributed by atoms with Crippen LogP contribution in [-0.4, -0.2) is 4.57 Å². The van der Waals surface area contributed by atoms with Gasteiger partial charge in [0.25, 0.3) is 0 Å². The summed E-state index contributed by atoms with van der Waals surface area (Å²) in [6.07, 6.45) is 0. The fourth-order valence-electron chi connectivity index (χ4n) is 7.79. The molecule has 9 aromatic rings. The maximum absolute atomic E-state index is 2.44. The van der Waals surface area contributed by atoms with E-state index in [2.05, 4.69) is 179 Å². The maximum Gasteiger partial charge on any atom is 0.0546 e. The Balaban J connectivity index is 1.26. The molecule has 2 heteroatoms. The Morgan fingerprint density at radius 1 is 0.391 bits per heavy atom. The van der Waals surface area contributed by atoms with Gasteiger partial charge in [-0.1, -0.05) is 109 Å². The van der Waals surface area contributed by atoms with E-state index in [1.165, 1.54) is 77.0 Å². The average Bonchev–Trinajstić information content (AvgIpc) is 3.64. The summed E-state index contributed by atoms with van der Waals surface area (Å²) in [6, 6.07) is 61.9. The fourth-order valence-corrected chi connectivity index (χ4v) is 7.79. The molecule has 0 saturated heterocycles. The summed E-state index contributed by atoms with van der Waals surface area (Å²) < 4.78 is 2.38. The molecule has 0 fully saturated rings. The van der Waals surface area contributed by atoms with Gasteiger partial charge in [-0.2, -0.15) is 0 Å². The highest BCUT2D eigenvalue weighted by molar-refractivity contribution is 6.25. The summed E-state index contributed by atoms with van der Waals surface area (Å²) in [5.41, 5.74) is 12.3. The van der Waals surface area contributed by atoms with Crippen LogP contribution < -0.4 is 4.90 Å². The first-order chi connectivity index (χ1) is 22.8. The molecule has 8 aromatic carbocycles. The van der Waals surface area contributed by atoms with Crippen LogP contribution in [0.3, 0.4) is 0 Å². The van der Waals surface area contributed by atoms with Crippen LogP contribution >= 0.6 is 0 Å². The Morgan fingerprint density at radius 3 is 1.93 bits per heavy atom. The highest BCUT2D eigenvalue weighted by Crippen LogP contribution is 2.55. The summed E-state index contributed by atoms with van der Waals surface area (Å²) in [7, 11) is 0. The van der Waals surface area contributed by atoms with Crippen molar-refractivity contribution in [3.63, 3.8) is 0 Å². The summed E-state index contributed by atoms with van der Waals surface area (Å²) in [4.78, 5) is 2.44. The summed E-state index contributed by atoms with van der Waals surface area (Å²) in [5, 5.41) is 7.70. The second-order valence-electron chi connectivity index (χ2n) is 12.1. The smallest absolute Gasteiger partial charge is 0.0546 e. The molecule has 0 aliphatic heterocycles. The molecule has 1 aliphatic carbocycles. The molecule has 1 aliphatic rings. The SMILES string of the molecule is c1ccc(N(c2ccc3c(c2)c2ccccc2n3-c2ccccc2)c2cccc3c2-c2cccc4cc5ccccc5c-3c24)cc1. The summed E-state index contributed by atoms with van der Waals surface area (Å²) >= 11 is 0. The number of aromatic nitrogens is 1. The van der Waals surface area contributed by atoms with Crippen molar-refractivity contribution in [1.82, 2.24) is 4.57 Å². The summed E-state index contributed by atoms with van der Waals surface area (Å²) in [5.74, 6) is 0. The standard InChI is InChI=1S/C44H28N2/c1-3-15-31(16-4-1)45(33-25-26-40-38(28-33)35-20-9-10-23-39(35)46(40)32-17-5-2-6-18-32)41-24-12-22-37-43(41)36-21-11-14-30-27-29-13-7-8-19-34(29)44(37)42(30)36/h1-28H. The van der Waals surface area contributed by atoms with Crippen molar-refractivity contribution < 1.29 is 0 Å². The first kappa shape index (κ1) is 25.2. The summed E-state index contributed by atoms with van der Waals surface area (Å²) in [6.45, 7) is 0. The van der Waals surface area contributed by atoms with E-state index >= 15 is 0 Å². The lowest BCUT2D eigenvalue weighted by Crippen LogP contribution is -2.11. The fraction of sp³-hybridized carbons (Fsp3) is 0. The van der Waals surface area contributed by atoms with Gasteiger partial charge in [0.2, 0.25) is 0 Å². The van der Waals surface area contributed by atoms with Gasteiger partial charge in [-0.3, -0.25) is 0 Å². The third kappa shape index (κ3) is 3.53. The largest absolute Gasteiger partial charge is 0.310 e. The van der Waals surface area contributed by atoms with Crippen molar-refractivity contribution >= 4 is 60.4 Å². The van der Waals surface area contributed by atoms with E-state index in [4.69, 9.17) is 0 Å². The molecule has 0 radical (unpaired) electrons. The van der Waals surface area contributed by atoms with Crippen molar-refractivity contribution in [3.8, 4) is 27.9 Å². The molecule has 0 N–H and O–H groups in total. The maximum atomic E-state index is 2.44. The van der Waals surface area contributed by atoms with Gasteiger partial charge in [-0.25, -0.2) is 0 Å². The van der Waals surface area contributed by atoms with Crippen molar-refractivity contribution in [3.05, 3.63) is 170 Å². The van der Waals surface area contributed by atoms with Gasteiger partial charge in [0.1, 0.15) is 0 Å². The number of benzene rings is 8. The molecular weight excluding hydrogens is 556 g/mol. The second-order valence-corrected chi connectivity index (χ2v) is 12.1. The third-order valence-corrected chi connectivity index (χ3v) is 9.65. The van der Waals surface area contributed by atoms with E-state index in [0.717, 1.165) is 11.4 Å². The Morgan fingerprint density at radius 2 is 1.07 bits per heavy atom. The van der Waals surface area contributed by atoms with Gasteiger partial charge in [-0.15, -0.1) is 0 Å². The number of hydrogen-bond acceptors (Lipinski definition) is 1. The Kier molecular flexibility index (Phi) is 5.31. The lowest BCUT2D eigenvalue weighted by Gasteiger charge is -2.28. The second kappa shape index (κ2) is 9.69. The Labute approximate surface area is 267 Å². The highest BCUT2D eigenvalue weighted by atomic mass is 15.1. The number of anilines is 3. The van der Waals surface area contributed by atoms with Gasteiger partial charge < -0.3 is 9.47 Å². The lowest BCUT2D eigenvalue weighted by molar-refractivity contribution is 1.18. The van der Waals surface area contributed by atoms with Gasteiger partial charge >= 0.3 is 0 Å². The topological polar surface area (TPSA) is 8.17 Å². The van der Waals surface area contributed by atoms with Crippen LogP contribution in [0.5, 0.6) is 0 Å². The van der Waals surface area contributed by atoms with Crippen LogP contribution in [0.2, 0.25) is 0 Å². The molecule has 2 nitrogen and oxygen atoms in total. The molecule has 0 bridgehead atoms. The molecule has 0 unspecified atom stereocenters. The van der Waals surface area contributed by atoms with Crippen LogP contribution in [0.15, 0.2) is 170 Å². The molecule has 46 heavy (non-hydrogen) atoms. The highest BCUT2D eigenvalue weighted by Gasteiger charge is 2.29. The quantitative estimate of drug-likeness (QED) is 0.187. The Hall–Kier alpha value is -6.12. The molecule has 214 valence electrons. The first-order valence-electron chi connectivity index (χ1n) is 15.9. The minimum atomic E-state index is 1.13. The monoisotopic (exact) mass is 584 g/mol. The van der Waals surface area contributed by atoms with E-state index in [-0.39, 0.29) is 0 Å². The number of nitrogens with zero attached hydrogens (tertiary/aromatic N) is 2. The van der Waals surface area contributed by atoms with Gasteiger partial charge in [0.15, 0.2) is 0 Å². The van der Waals surface area contributed by atoms with Gasteiger partial charge in [0, 0.05) is 33.4 Å². The molecule has 1 heterocycles. The molecule has 0 atom stereocenters. The van der Waals surface area contributed by atoms with E-state index in [1.807, 2.05) is 0 Å². The van der Waals surface area contributed by atoms with Gasteiger partial charge in [-0.05, 0) is 98.9 Å². The normalized spacial score (nSPS) is 11.9. The van der Waals surface area contributed by atoms with Crippen LogP contribution in [0.25, 0.3) is 71.3 Å². The third-order valence-electron chi connectivity index (χ3n) is 9.65. The molecule has 0 spiro atoms. The predicted octanol–water partition coefficient (Wildman–Crippen LogP) is 12.2. The number of fused-ring (bicyclic) bond motifs is 8. The van der Waals surface area contributed by atoms with Crippen molar-refractivity contribution in [2.45, 2.75) is 0 Å². The van der Waals surface area contributed by atoms with Crippen molar-refractivity contribution in [1.29, 1.82) is 0 Å². The molecule has 1 aromatic heterocycles. The van der Waals surface area contributed by atoms with Gasteiger partial charge in [0.05, 0.1) is 16.7 Å². The minimum absolute atomic E-state index is 1.13. The zero-order valence-electron chi connectivity index (χ0n) is 25.1.